The summed E-state index contributed by atoms with van der Waals surface area (Å²) in [5.74, 6) is 0.826. The number of nitrogens with zero attached hydrogens (tertiary/aromatic N) is 1. The van der Waals surface area contributed by atoms with Crippen LogP contribution in [0.4, 0.5) is 17.1 Å². The predicted molar refractivity (Wildman–Crippen MR) is 141 cm³/mol. The molecule has 172 valence electrons. The van der Waals surface area contributed by atoms with Gasteiger partial charge in [-0.3, -0.25) is 9.78 Å². The van der Waals surface area contributed by atoms with Gasteiger partial charge in [0.2, 0.25) is 0 Å². The van der Waals surface area contributed by atoms with Crippen LogP contribution in [0.1, 0.15) is 10.4 Å². The summed E-state index contributed by atoms with van der Waals surface area (Å²) >= 11 is 11.6. The van der Waals surface area contributed by atoms with Crippen molar-refractivity contribution < 1.29 is 14.3 Å². The molecule has 0 spiro atoms. The second-order valence-electron chi connectivity index (χ2n) is 7.17. The van der Waals surface area contributed by atoms with Gasteiger partial charge in [-0.25, -0.2) is 0 Å². The van der Waals surface area contributed by atoms with E-state index in [4.69, 9.17) is 33.3 Å². The van der Waals surface area contributed by atoms with Gasteiger partial charge in [0, 0.05) is 29.0 Å². The third-order valence-electron chi connectivity index (χ3n) is 5.02. The molecule has 0 fully saturated rings. The van der Waals surface area contributed by atoms with Crippen LogP contribution in [0.25, 0.3) is 10.9 Å². The number of rotatable bonds is 6. The van der Waals surface area contributed by atoms with E-state index in [2.05, 4.69) is 20.9 Å². The first-order valence-corrected chi connectivity index (χ1v) is 11.0. The van der Waals surface area contributed by atoms with Crippen molar-refractivity contribution in [1.82, 2.24) is 4.98 Å². The van der Waals surface area contributed by atoms with Crippen LogP contribution in [0.5, 0.6) is 11.5 Å². The third-order valence-corrected chi connectivity index (χ3v) is 5.52. The Morgan fingerprint density at radius 2 is 1.56 bits per heavy atom. The average Bonchev–Trinajstić information content (AvgIpc) is 2.85. The SMILES string of the molecule is COc1cc(OC)c(NC(=S)Nc2ccc(NC(=O)c3ccnc4ccccc34)cc2)cc1Cl. The standard InChI is InChI=1S/C25H21ClN4O3S/c1-32-22-14-23(33-2)21(13-19(22)26)30-25(34)29-16-9-7-15(8-10-16)28-24(31)18-11-12-27-20-6-4-3-5-17(18)20/h3-14H,1-2H3,(H,28,31)(H2,29,30,34). The number of nitrogens with one attached hydrogen (secondary N) is 3. The molecule has 3 aromatic carbocycles. The van der Waals surface area contributed by atoms with Gasteiger partial charge in [-0.05, 0) is 54.7 Å². The summed E-state index contributed by atoms with van der Waals surface area (Å²) < 4.78 is 10.6. The van der Waals surface area contributed by atoms with E-state index in [0.29, 0.717) is 38.6 Å². The largest absolute Gasteiger partial charge is 0.495 e. The molecule has 4 rings (SSSR count). The van der Waals surface area contributed by atoms with Crippen LogP contribution in [-0.4, -0.2) is 30.2 Å². The minimum Gasteiger partial charge on any atom is -0.495 e. The number of fused-ring (bicyclic) bond motifs is 1. The van der Waals surface area contributed by atoms with Crippen molar-refractivity contribution in [2.75, 3.05) is 30.2 Å². The number of hydrogen-bond donors (Lipinski definition) is 3. The molecule has 0 aliphatic rings. The van der Waals surface area contributed by atoms with Gasteiger partial charge in [-0.2, -0.15) is 0 Å². The zero-order chi connectivity index (χ0) is 24.1. The lowest BCUT2D eigenvalue weighted by Crippen LogP contribution is -2.19. The first kappa shape index (κ1) is 23.3. The third kappa shape index (κ3) is 5.19. The lowest BCUT2D eigenvalue weighted by atomic mass is 10.1. The van der Waals surface area contributed by atoms with Crippen LogP contribution < -0.4 is 25.4 Å². The topological polar surface area (TPSA) is 84.5 Å². The van der Waals surface area contributed by atoms with E-state index in [1.807, 2.05) is 36.4 Å². The average molecular weight is 493 g/mol. The van der Waals surface area contributed by atoms with E-state index in [1.165, 1.54) is 7.11 Å². The van der Waals surface area contributed by atoms with Gasteiger partial charge in [-0.15, -0.1) is 0 Å². The van der Waals surface area contributed by atoms with Gasteiger partial charge in [0.15, 0.2) is 5.11 Å². The molecule has 1 aromatic heterocycles. The predicted octanol–water partition coefficient (Wildman–Crippen LogP) is 5.97. The minimum absolute atomic E-state index is 0.208. The summed E-state index contributed by atoms with van der Waals surface area (Å²) in [5, 5.41) is 10.7. The maximum Gasteiger partial charge on any atom is 0.256 e. The number of aromatic nitrogens is 1. The smallest absolute Gasteiger partial charge is 0.256 e. The number of pyridine rings is 1. The number of amides is 1. The van der Waals surface area contributed by atoms with Gasteiger partial charge in [-0.1, -0.05) is 29.8 Å². The Hall–Kier alpha value is -3.88. The molecule has 0 atom stereocenters. The number of thiocarbonyl (C=S) groups is 1. The molecule has 34 heavy (non-hydrogen) atoms. The molecule has 4 aromatic rings. The number of carbonyl (C=O) groups is 1. The van der Waals surface area contributed by atoms with Gasteiger partial charge in [0.1, 0.15) is 11.5 Å². The molecule has 0 saturated carbocycles. The highest BCUT2D eigenvalue weighted by Crippen LogP contribution is 2.36. The van der Waals surface area contributed by atoms with Crippen molar-refractivity contribution in [3.05, 3.63) is 83.5 Å². The van der Waals surface area contributed by atoms with E-state index in [1.54, 1.807) is 43.6 Å². The number of halogens is 1. The van der Waals surface area contributed by atoms with E-state index < -0.39 is 0 Å². The zero-order valence-electron chi connectivity index (χ0n) is 18.4. The van der Waals surface area contributed by atoms with E-state index in [0.717, 1.165) is 16.6 Å². The van der Waals surface area contributed by atoms with E-state index in [9.17, 15) is 4.79 Å². The molecular weight excluding hydrogens is 472 g/mol. The summed E-state index contributed by atoms with van der Waals surface area (Å²) in [6.07, 6.45) is 1.63. The van der Waals surface area contributed by atoms with Crippen LogP contribution in [-0.2, 0) is 0 Å². The minimum atomic E-state index is -0.208. The van der Waals surface area contributed by atoms with Gasteiger partial charge >= 0.3 is 0 Å². The lowest BCUT2D eigenvalue weighted by Gasteiger charge is -2.15. The van der Waals surface area contributed by atoms with Crippen molar-refractivity contribution in [2.45, 2.75) is 0 Å². The molecule has 3 N–H and O–H groups in total. The summed E-state index contributed by atoms with van der Waals surface area (Å²) in [6.45, 7) is 0. The lowest BCUT2D eigenvalue weighted by molar-refractivity contribution is 0.102. The number of anilines is 3. The second-order valence-corrected chi connectivity index (χ2v) is 7.99. The molecule has 0 unspecified atom stereocenters. The summed E-state index contributed by atoms with van der Waals surface area (Å²) in [7, 11) is 3.08. The molecule has 1 amide bonds. The van der Waals surface area contributed by atoms with Crippen LogP contribution >= 0.6 is 23.8 Å². The fraction of sp³-hybridized carbons (Fsp3) is 0.0800. The fourth-order valence-corrected chi connectivity index (χ4v) is 3.84. The summed E-state index contributed by atoms with van der Waals surface area (Å²) in [6, 6.07) is 19.8. The monoisotopic (exact) mass is 492 g/mol. The number of hydrogen-bond acceptors (Lipinski definition) is 5. The van der Waals surface area contributed by atoms with Crippen LogP contribution in [0.2, 0.25) is 5.02 Å². The highest BCUT2D eigenvalue weighted by atomic mass is 35.5. The number of para-hydroxylation sites is 1. The molecular formula is C25H21ClN4O3S. The highest BCUT2D eigenvalue weighted by molar-refractivity contribution is 7.80. The van der Waals surface area contributed by atoms with Gasteiger partial charge < -0.3 is 25.4 Å². The normalized spacial score (nSPS) is 10.4. The quantitative estimate of drug-likeness (QED) is 0.286. The van der Waals surface area contributed by atoms with Gasteiger partial charge in [0.25, 0.3) is 5.91 Å². The molecule has 0 saturated heterocycles. The molecule has 0 aliphatic heterocycles. The van der Waals surface area contributed by atoms with Crippen molar-refractivity contribution in [1.29, 1.82) is 0 Å². The Morgan fingerprint density at radius 1 is 0.882 bits per heavy atom. The van der Waals surface area contributed by atoms with Crippen molar-refractivity contribution in [3.63, 3.8) is 0 Å². The van der Waals surface area contributed by atoms with Crippen LogP contribution in [0, 0.1) is 0 Å². The Kier molecular flexibility index (Phi) is 7.10. The van der Waals surface area contributed by atoms with E-state index in [-0.39, 0.29) is 5.91 Å². The number of ether oxygens (including phenoxy) is 2. The molecule has 0 aliphatic carbocycles. The maximum absolute atomic E-state index is 12.8. The number of carbonyl (C=O) groups excluding carboxylic acids is 1. The van der Waals surface area contributed by atoms with Crippen LogP contribution in [0.3, 0.4) is 0 Å². The summed E-state index contributed by atoms with van der Waals surface area (Å²) in [4.78, 5) is 17.1. The Balaban J connectivity index is 1.41. The van der Waals surface area contributed by atoms with Crippen molar-refractivity contribution in [3.8, 4) is 11.5 Å². The molecule has 0 radical (unpaired) electrons. The second kappa shape index (κ2) is 10.4. The number of benzene rings is 3. The zero-order valence-corrected chi connectivity index (χ0v) is 20.0. The van der Waals surface area contributed by atoms with Crippen molar-refractivity contribution >= 4 is 62.8 Å². The number of methoxy groups -OCH3 is 2. The Labute approximate surface area is 207 Å². The highest BCUT2D eigenvalue weighted by Gasteiger charge is 2.12. The fourth-order valence-electron chi connectivity index (χ4n) is 3.37. The maximum atomic E-state index is 12.8. The molecule has 7 nitrogen and oxygen atoms in total. The van der Waals surface area contributed by atoms with Gasteiger partial charge in [0.05, 0.1) is 36.0 Å². The first-order valence-electron chi connectivity index (χ1n) is 10.2. The van der Waals surface area contributed by atoms with Crippen molar-refractivity contribution in [2.24, 2.45) is 0 Å². The Morgan fingerprint density at radius 3 is 2.26 bits per heavy atom. The van der Waals surface area contributed by atoms with Crippen LogP contribution in [0.15, 0.2) is 72.9 Å². The molecule has 0 bridgehead atoms. The first-order chi connectivity index (χ1) is 16.5. The molecule has 1 heterocycles. The molecule has 9 heteroatoms. The summed E-state index contributed by atoms with van der Waals surface area (Å²) in [5.41, 5.74) is 3.32. The Bertz CT molecular complexity index is 1360. The van der Waals surface area contributed by atoms with E-state index >= 15 is 0 Å².